The molecule has 0 amide bonds. The number of hydrogen-bond acceptors (Lipinski definition) is 4. The normalized spacial score (nSPS) is 12.7. The molecule has 1 aromatic rings. The van der Waals surface area contributed by atoms with Crippen molar-refractivity contribution in [3.63, 3.8) is 0 Å². The molecule has 0 spiro atoms. The number of nitrogens with one attached hydrogen (secondary N) is 2. The summed E-state index contributed by atoms with van der Waals surface area (Å²) in [6.07, 6.45) is 1.18. The van der Waals surface area contributed by atoms with Crippen LogP contribution in [-0.2, 0) is 6.54 Å². The van der Waals surface area contributed by atoms with E-state index in [1.54, 1.807) is 0 Å². The molecule has 1 unspecified atom stereocenters. The van der Waals surface area contributed by atoms with Crippen LogP contribution < -0.4 is 10.6 Å². The van der Waals surface area contributed by atoms with E-state index in [1.165, 1.54) is 12.0 Å². The summed E-state index contributed by atoms with van der Waals surface area (Å²) in [5, 5.41) is 15.1. The molecule has 1 aromatic heterocycles. The third-order valence-electron chi connectivity index (χ3n) is 2.72. The van der Waals surface area contributed by atoms with Gasteiger partial charge in [-0.15, -0.1) is 0 Å². The zero-order valence-electron chi connectivity index (χ0n) is 11.4. The monoisotopic (exact) mass is 236 g/mol. The molecule has 4 nitrogen and oxygen atoms in total. The lowest BCUT2D eigenvalue weighted by atomic mass is 10.2. The SMILES string of the molecule is CCCNCC(C)NCc1cc(C)nnc1C. The lowest BCUT2D eigenvalue weighted by molar-refractivity contribution is 0.499. The van der Waals surface area contributed by atoms with Crippen LogP contribution in [0.3, 0.4) is 0 Å². The van der Waals surface area contributed by atoms with Gasteiger partial charge in [-0.05, 0) is 45.4 Å². The number of hydrogen-bond donors (Lipinski definition) is 2. The maximum atomic E-state index is 4.13. The van der Waals surface area contributed by atoms with Gasteiger partial charge in [0, 0.05) is 19.1 Å². The van der Waals surface area contributed by atoms with Gasteiger partial charge < -0.3 is 10.6 Å². The molecule has 0 saturated carbocycles. The van der Waals surface area contributed by atoms with E-state index in [4.69, 9.17) is 0 Å². The average Bonchev–Trinajstić information content (AvgIpc) is 2.31. The van der Waals surface area contributed by atoms with Crippen LogP contribution in [0.4, 0.5) is 0 Å². The molecule has 0 aromatic carbocycles. The van der Waals surface area contributed by atoms with E-state index < -0.39 is 0 Å². The van der Waals surface area contributed by atoms with Crippen molar-refractivity contribution < 1.29 is 0 Å². The first kappa shape index (κ1) is 14.1. The summed E-state index contributed by atoms with van der Waals surface area (Å²) in [4.78, 5) is 0. The van der Waals surface area contributed by atoms with Gasteiger partial charge in [-0.25, -0.2) is 0 Å². The van der Waals surface area contributed by atoms with E-state index >= 15 is 0 Å². The predicted octanol–water partition coefficient (Wildman–Crippen LogP) is 1.57. The van der Waals surface area contributed by atoms with Crippen molar-refractivity contribution in [3.05, 3.63) is 23.0 Å². The van der Waals surface area contributed by atoms with Crippen LogP contribution in [0.15, 0.2) is 6.07 Å². The van der Waals surface area contributed by atoms with Gasteiger partial charge in [0.2, 0.25) is 0 Å². The van der Waals surface area contributed by atoms with E-state index in [9.17, 15) is 0 Å². The molecule has 0 bridgehead atoms. The predicted molar refractivity (Wildman–Crippen MR) is 71.0 cm³/mol. The van der Waals surface area contributed by atoms with Gasteiger partial charge in [-0.3, -0.25) is 0 Å². The summed E-state index contributed by atoms with van der Waals surface area (Å²) < 4.78 is 0. The zero-order valence-corrected chi connectivity index (χ0v) is 11.4. The minimum absolute atomic E-state index is 0.467. The van der Waals surface area contributed by atoms with E-state index in [2.05, 4.69) is 40.7 Å². The van der Waals surface area contributed by atoms with Gasteiger partial charge in [-0.1, -0.05) is 6.92 Å². The molecule has 0 saturated heterocycles. The summed E-state index contributed by atoms with van der Waals surface area (Å²) in [7, 11) is 0. The van der Waals surface area contributed by atoms with E-state index in [1.807, 2.05) is 13.8 Å². The number of aryl methyl sites for hydroxylation is 2. The Kier molecular flexibility index (Phi) is 6.08. The summed E-state index contributed by atoms with van der Waals surface area (Å²) in [6, 6.07) is 2.57. The Balaban J connectivity index is 2.36. The summed E-state index contributed by atoms with van der Waals surface area (Å²) in [5.74, 6) is 0. The first-order valence-electron chi connectivity index (χ1n) is 6.37. The second kappa shape index (κ2) is 7.35. The Morgan fingerprint density at radius 2 is 2.06 bits per heavy atom. The summed E-state index contributed by atoms with van der Waals surface area (Å²) in [6.45, 7) is 11.3. The van der Waals surface area contributed by atoms with Crippen molar-refractivity contribution in [2.75, 3.05) is 13.1 Å². The molecule has 1 heterocycles. The minimum atomic E-state index is 0.467. The lowest BCUT2D eigenvalue weighted by Gasteiger charge is -2.15. The number of aromatic nitrogens is 2. The molecule has 4 heteroatoms. The highest BCUT2D eigenvalue weighted by Crippen LogP contribution is 2.04. The first-order chi connectivity index (χ1) is 8.13. The van der Waals surface area contributed by atoms with Gasteiger partial charge in [-0.2, -0.15) is 10.2 Å². The standard InChI is InChI=1S/C13H24N4/c1-5-6-14-8-11(3)15-9-13-7-10(2)16-17-12(13)4/h7,11,14-15H,5-6,8-9H2,1-4H3. The van der Waals surface area contributed by atoms with Crippen molar-refractivity contribution in [1.82, 2.24) is 20.8 Å². The Hall–Kier alpha value is -1.00. The highest BCUT2D eigenvalue weighted by Gasteiger charge is 2.04. The van der Waals surface area contributed by atoms with Crippen molar-refractivity contribution in [3.8, 4) is 0 Å². The molecule has 0 aliphatic carbocycles. The van der Waals surface area contributed by atoms with Crippen molar-refractivity contribution in [2.24, 2.45) is 0 Å². The topological polar surface area (TPSA) is 49.8 Å². The van der Waals surface area contributed by atoms with Crippen LogP contribution in [0.2, 0.25) is 0 Å². The fourth-order valence-electron chi connectivity index (χ4n) is 1.63. The largest absolute Gasteiger partial charge is 0.315 e. The third kappa shape index (κ3) is 5.24. The van der Waals surface area contributed by atoms with Crippen molar-refractivity contribution in [2.45, 2.75) is 46.7 Å². The van der Waals surface area contributed by atoms with Crippen LogP contribution >= 0.6 is 0 Å². The Morgan fingerprint density at radius 3 is 2.76 bits per heavy atom. The summed E-state index contributed by atoms with van der Waals surface area (Å²) in [5.41, 5.74) is 3.22. The van der Waals surface area contributed by atoms with E-state index in [0.717, 1.165) is 31.0 Å². The molecule has 17 heavy (non-hydrogen) atoms. The minimum Gasteiger partial charge on any atom is -0.315 e. The molecule has 2 N–H and O–H groups in total. The Morgan fingerprint density at radius 1 is 1.29 bits per heavy atom. The molecular weight excluding hydrogens is 212 g/mol. The fourth-order valence-corrected chi connectivity index (χ4v) is 1.63. The number of rotatable bonds is 7. The Labute approximate surface area is 104 Å². The van der Waals surface area contributed by atoms with Gasteiger partial charge in [0.25, 0.3) is 0 Å². The molecule has 1 atom stereocenters. The highest BCUT2D eigenvalue weighted by atomic mass is 15.1. The average molecular weight is 236 g/mol. The Bertz CT molecular complexity index is 338. The van der Waals surface area contributed by atoms with Gasteiger partial charge >= 0.3 is 0 Å². The molecule has 96 valence electrons. The van der Waals surface area contributed by atoms with E-state index in [0.29, 0.717) is 6.04 Å². The smallest absolute Gasteiger partial charge is 0.0645 e. The van der Waals surface area contributed by atoms with Gasteiger partial charge in [0.1, 0.15) is 0 Å². The maximum absolute atomic E-state index is 4.13. The van der Waals surface area contributed by atoms with Gasteiger partial charge in [0.15, 0.2) is 0 Å². The lowest BCUT2D eigenvalue weighted by Crippen LogP contribution is -2.36. The van der Waals surface area contributed by atoms with E-state index in [-0.39, 0.29) is 0 Å². The van der Waals surface area contributed by atoms with Gasteiger partial charge in [0.05, 0.1) is 11.4 Å². The van der Waals surface area contributed by atoms with Crippen molar-refractivity contribution in [1.29, 1.82) is 0 Å². The molecule has 1 rings (SSSR count). The molecule has 0 aliphatic rings. The molecule has 0 fully saturated rings. The van der Waals surface area contributed by atoms with Crippen LogP contribution in [0, 0.1) is 13.8 Å². The maximum Gasteiger partial charge on any atom is 0.0645 e. The van der Waals surface area contributed by atoms with Crippen LogP contribution in [0.5, 0.6) is 0 Å². The van der Waals surface area contributed by atoms with Crippen molar-refractivity contribution >= 4 is 0 Å². The first-order valence-corrected chi connectivity index (χ1v) is 6.37. The molecule has 0 aliphatic heterocycles. The molecular formula is C13H24N4. The highest BCUT2D eigenvalue weighted by molar-refractivity contribution is 5.19. The molecule has 0 radical (unpaired) electrons. The second-order valence-electron chi connectivity index (χ2n) is 4.58. The number of nitrogens with zero attached hydrogens (tertiary/aromatic N) is 2. The van der Waals surface area contributed by atoms with Crippen LogP contribution in [-0.4, -0.2) is 29.3 Å². The summed E-state index contributed by atoms with van der Waals surface area (Å²) >= 11 is 0. The second-order valence-corrected chi connectivity index (χ2v) is 4.58. The fraction of sp³-hybridized carbons (Fsp3) is 0.692. The van der Waals surface area contributed by atoms with Crippen LogP contribution in [0.1, 0.15) is 37.2 Å². The zero-order chi connectivity index (χ0) is 12.7. The van der Waals surface area contributed by atoms with Crippen LogP contribution in [0.25, 0.3) is 0 Å². The quantitative estimate of drug-likeness (QED) is 0.706. The third-order valence-corrected chi connectivity index (χ3v) is 2.72.